The van der Waals surface area contributed by atoms with E-state index in [9.17, 15) is 4.79 Å². The Labute approximate surface area is 155 Å². The van der Waals surface area contributed by atoms with Gasteiger partial charge in [0.1, 0.15) is 5.82 Å². The van der Waals surface area contributed by atoms with Crippen LogP contribution in [-0.2, 0) is 17.8 Å². The number of rotatable bonds is 6. The van der Waals surface area contributed by atoms with Gasteiger partial charge in [0.05, 0.1) is 12.6 Å². The second-order valence-electron chi connectivity index (χ2n) is 6.23. The molecule has 1 aromatic carbocycles. The SMILES string of the molecule is N[C@@H](Cc1c[nH]c2ccccc12)C(=O)NCc1nc(-c2ccncc2)n[nH]1. The van der Waals surface area contributed by atoms with Crippen LogP contribution in [0.1, 0.15) is 11.4 Å². The van der Waals surface area contributed by atoms with Crippen molar-refractivity contribution < 1.29 is 4.79 Å². The molecule has 1 amide bonds. The second kappa shape index (κ2) is 7.38. The lowest BCUT2D eigenvalue weighted by Gasteiger charge is -2.11. The van der Waals surface area contributed by atoms with Gasteiger partial charge in [0.15, 0.2) is 5.82 Å². The van der Waals surface area contributed by atoms with Gasteiger partial charge in [-0.25, -0.2) is 4.98 Å². The lowest BCUT2D eigenvalue weighted by molar-refractivity contribution is -0.122. The topological polar surface area (TPSA) is 125 Å². The monoisotopic (exact) mass is 361 g/mol. The van der Waals surface area contributed by atoms with Gasteiger partial charge in [-0.15, -0.1) is 0 Å². The average Bonchev–Trinajstić information content (AvgIpc) is 3.34. The van der Waals surface area contributed by atoms with Crippen LogP contribution in [0.2, 0.25) is 0 Å². The summed E-state index contributed by atoms with van der Waals surface area (Å²) in [5.74, 6) is 0.890. The normalized spacial score (nSPS) is 12.2. The summed E-state index contributed by atoms with van der Waals surface area (Å²) < 4.78 is 0. The highest BCUT2D eigenvalue weighted by molar-refractivity contribution is 5.86. The van der Waals surface area contributed by atoms with E-state index in [1.807, 2.05) is 42.6 Å². The van der Waals surface area contributed by atoms with Gasteiger partial charge in [0.2, 0.25) is 5.91 Å². The van der Waals surface area contributed by atoms with Crippen LogP contribution in [0, 0.1) is 0 Å². The van der Waals surface area contributed by atoms with Gasteiger partial charge in [-0.2, -0.15) is 5.10 Å². The van der Waals surface area contributed by atoms with E-state index in [2.05, 4.69) is 30.5 Å². The number of H-pyrrole nitrogens is 2. The summed E-state index contributed by atoms with van der Waals surface area (Å²) in [7, 11) is 0. The van der Waals surface area contributed by atoms with Crippen LogP contribution in [0.4, 0.5) is 0 Å². The molecule has 0 bridgehead atoms. The number of nitrogens with zero attached hydrogens (tertiary/aromatic N) is 3. The molecule has 0 aliphatic carbocycles. The molecule has 4 aromatic rings. The Hall–Kier alpha value is -3.52. The summed E-state index contributed by atoms with van der Waals surface area (Å²) in [6.07, 6.45) is 5.71. The number of pyridine rings is 1. The summed E-state index contributed by atoms with van der Waals surface area (Å²) in [6, 6.07) is 10.9. The fourth-order valence-electron chi connectivity index (χ4n) is 2.94. The van der Waals surface area contributed by atoms with Crippen molar-refractivity contribution in [1.29, 1.82) is 0 Å². The Morgan fingerprint density at radius 1 is 1.19 bits per heavy atom. The first-order valence-electron chi connectivity index (χ1n) is 8.60. The summed E-state index contributed by atoms with van der Waals surface area (Å²) in [5.41, 5.74) is 8.99. The van der Waals surface area contributed by atoms with E-state index in [4.69, 9.17) is 5.73 Å². The fourth-order valence-corrected chi connectivity index (χ4v) is 2.94. The molecule has 0 unspecified atom stereocenters. The van der Waals surface area contributed by atoms with Gasteiger partial charge in [-0.3, -0.25) is 14.9 Å². The number of carbonyl (C=O) groups is 1. The third-order valence-corrected chi connectivity index (χ3v) is 4.35. The zero-order valence-corrected chi connectivity index (χ0v) is 14.5. The molecule has 1 atom stereocenters. The highest BCUT2D eigenvalue weighted by Gasteiger charge is 2.16. The van der Waals surface area contributed by atoms with Crippen LogP contribution in [0.25, 0.3) is 22.3 Å². The zero-order valence-electron chi connectivity index (χ0n) is 14.5. The van der Waals surface area contributed by atoms with Crippen LogP contribution in [0.15, 0.2) is 55.0 Å². The molecule has 0 saturated heterocycles. The second-order valence-corrected chi connectivity index (χ2v) is 6.23. The van der Waals surface area contributed by atoms with E-state index in [0.29, 0.717) is 18.1 Å². The maximum atomic E-state index is 12.3. The number of carbonyl (C=O) groups excluding carboxylic acids is 1. The van der Waals surface area contributed by atoms with Gasteiger partial charge in [0.25, 0.3) is 0 Å². The molecule has 4 rings (SSSR count). The molecule has 0 spiro atoms. The van der Waals surface area contributed by atoms with Crippen molar-refractivity contribution in [3.05, 3.63) is 66.4 Å². The molecule has 3 heterocycles. The number of fused-ring (bicyclic) bond motifs is 1. The minimum Gasteiger partial charge on any atom is -0.361 e. The number of aromatic nitrogens is 5. The van der Waals surface area contributed by atoms with Crippen molar-refractivity contribution in [3.8, 4) is 11.4 Å². The molecule has 3 aromatic heterocycles. The third kappa shape index (κ3) is 3.70. The molecule has 136 valence electrons. The van der Waals surface area contributed by atoms with Gasteiger partial charge < -0.3 is 16.0 Å². The summed E-state index contributed by atoms with van der Waals surface area (Å²) in [5, 5.41) is 10.9. The maximum Gasteiger partial charge on any atom is 0.237 e. The summed E-state index contributed by atoms with van der Waals surface area (Å²) in [6.45, 7) is 0.235. The molecule has 8 nitrogen and oxygen atoms in total. The molecule has 0 aliphatic rings. The zero-order chi connectivity index (χ0) is 18.6. The number of aromatic amines is 2. The van der Waals surface area contributed by atoms with E-state index < -0.39 is 6.04 Å². The van der Waals surface area contributed by atoms with E-state index in [-0.39, 0.29) is 12.5 Å². The Morgan fingerprint density at radius 3 is 2.85 bits per heavy atom. The van der Waals surface area contributed by atoms with Crippen molar-refractivity contribution in [2.24, 2.45) is 5.73 Å². The molecule has 5 N–H and O–H groups in total. The molecule has 27 heavy (non-hydrogen) atoms. The van der Waals surface area contributed by atoms with Gasteiger partial charge in [0, 0.05) is 35.1 Å². The molecule has 0 radical (unpaired) electrons. The number of amides is 1. The van der Waals surface area contributed by atoms with Crippen molar-refractivity contribution >= 4 is 16.8 Å². The largest absolute Gasteiger partial charge is 0.361 e. The Kier molecular flexibility index (Phi) is 4.63. The highest BCUT2D eigenvalue weighted by Crippen LogP contribution is 2.18. The fraction of sp³-hybridized carbons (Fsp3) is 0.158. The van der Waals surface area contributed by atoms with Crippen molar-refractivity contribution in [1.82, 2.24) is 30.5 Å². The predicted octanol–water partition coefficient (Wildman–Crippen LogP) is 1.53. The minimum absolute atomic E-state index is 0.234. The van der Waals surface area contributed by atoms with E-state index in [1.54, 1.807) is 12.4 Å². The first kappa shape index (κ1) is 16.9. The molecule has 8 heteroatoms. The number of hydrogen-bond donors (Lipinski definition) is 4. The Bertz CT molecular complexity index is 1050. The average molecular weight is 361 g/mol. The van der Waals surface area contributed by atoms with Crippen LogP contribution in [0.3, 0.4) is 0 Å². The standard InChI is InChI=1S/C19H19N7O/c20-15(9-13-10-22-16-4-2-1-3-14(13)16)19(27)23-11-17-24-18(26-25-17)12-5-7-21-8-6-12/h1-8,10,15,22H,9,11,20H2,(H,23,27)(H,24,25,26)/t15-/m0/s1. The molecule has 0 fully saturated rings. The Balaban J connectivity index is 1.36. The Morgan fingerprint density at radius 2 is 2.00 bits per heavy atom. The quantitative estimate of drug-likeness (QED) is 0.414. The number of hydrogen-bond acceptors (Lipinski definition) is 5. The van der Waals surface area contributed by atoms with Crippen molar-refractivity contribution in [2.75, 3.05) is 0 Å². The van der Waals surface area contributed by atoms with Gasteiger partial charge in [-0.05, 0) is 30.2 Å². The molecule has 0 aliphatic heterocycles. The van der Waals surface area contributed by atoms with Crippen LogP contribution < -0.4 is 11.1 Å². The van der Waals surface area contributed by atoms with E-state index >= 15 is 0 Å². The summed E-state index contributed by atoms with van der Waals surface area (Å²) >= 11 is 0. The highest BCUT2D eigenvalue weighted by atomic mass is 16.2. The lowest BCUT2D eigenvalue weighted by Crippen LogP contribution is -2.41. The number of para-hydroxylation sites is 1. The van der Waals surface area contributed by atoms with Crippen LogP contribution >= 0.6 is 0 Å². The molecular weight excluding hydrogens is 342 g/mol. The number of nitrogens with two attached hydrogens (primary N) is 1. The van der Waals surface area contributed by atoms with E-state index in [1.165, 1.54) is 0 Å². The maximum absolute atomic E-state index is 12.3. The van der Waals surface area contributed by atoms with Gasteiger partial charge in [-0.1, -0.05) is 18.2 Å². The van der Waals surface area contributed by atoms with Crippen LogP contribution in [0.5, 0.6) is 0 Å². The van der Waals surface area contributed by atoms with Crippen LogP contribution in [-0.4, -0.2) is 37.1 Å². The third-order valence-electron chi connectivity index (χ3n) is 4.35. The van der Waals surface area contributed by atoms with Crippen molar-refractivity contribution in [2.45, 2.75) is 19.0 Å². The lowest BCUT2D eigenvalue weighted by atomic mass is 10.1. The molecule has 0 saturated carbocycles. The minimum atomic E-state index is -0.646. The smallest absolute Gasteiger partial charge is 0.237 e. The first-order valence-corrected chi connectivity index (χ1v) is 8.60. The van der Waals surface area contributed by atoms with Crippen molar-refractivity contribution in [3.63, 3.8) is 0 Å². The number of benzene rings is 1. The summed E-state index contributed by atoms with van der Waals surface area (Å²) in [4.78, 5) is 23.9. The van der Waals surface area contributed by atoms with Gasteiger partial charge >= 0.3 is 0 Å². The van der Waals surface area contributed by atoms with E-state index in [0.717, 1.165) is 22.0 Å². The first-order chi connectivity index (χ1) is 13.2. The number of nitrogens with one attached hydrogen (secondary N) is 3. The predicted molar refractivity (Wildman–Crippen MR) is 101 cm³/mol. The molecular formula is C19H19N7O.